The lowest BCUT2D eigenvalue weighted by molar-refractivity contribution is 0.0933. The zero-order valence-corrected chi connectivity index (χ0v) is 15.8. The van der Waals surface area contributed by atoms with Gasteiger partial charge in [-0.25, -0.2) is 9.97 Å². The van der Waals surface area contributed by atoms with Crippen molar-refractivity contribution >= 4 is 33.3 Å². The average molecular weight is 366 g/mol. The molecule has 6 heteroatoms. The number of hydrogen-bond acceptors (Lipinski definition) is 6. The van der Waals surface area contributed by atoms with Crippen LogP contribution in [0.3, 0.4) is 0 Å². The van der Waals surface area contributed by atoms with Crippen LogP contribution in [-0.4, -0.2) is 20.7 Å². The van der Waals surface area contributed by atoms with Gasteiger partial charge in [0.1, 0.15) is 5.69 Å². The van der Waals surface area contributed by atoms with Crippen LogP contribution in [0.2, 0.25) is 0 Å². The van der Waals surface area contributed by atoms with Crippen LogP contribution in [0.1, 0.15) is 59.7 Å². The number of anilines is 1. The lowest BCUT2D eigenvalue weighted by Gasteiger charge is -2.24. The molecule has 3 heterocycles. The Morgan fingerprint density at radius 2 is 2.19 bits per heavy atom. The number of rotatable bonds is 6. The number of thiophene rings is 1. The lowest BCUT2D eigenvalue weighted by atomic mass is 9.81. The molecule has 134 valence electrons. The molecule has 1 fully saturated rings. The molecule has 26 heavy (non-hydrogen) atoms. The molecule has 1 atom stereocenters. The number of Topliss-reactive ketones (excluding diaryl/α,β-unsaturated/α-hetero) is 1. The highest BCUT2D eigenvalue weighted by Crippen LogP contribution is 2.33. The second kappa shape index (κ2) is 7.11. The highest BCUT2D eigenvalue weighted by molar-refractivity contribution is 7.19. The van der Waals surface area contributed by atoms with Crippen molar-refractivity contribution in [1.29, 1.82) is 0 Å². The van der Waals surface area contributed by atoms with E-state index in [4.69, 9.17) is 0 Å². The summed E-state index contributed by atoms with van der Waals surface area (Å²) < 4.78 is 0.905. The van der Waals surface area contributed by atoms with Crippen LogP contribution in [0.5, 0.6) is 0 Å². The third kappa shape index (κ3) is 3.46. The number of hydrogen-bond donors (Lipinski definition) is 1. The molecule has 3 aromatic heterocycles. The van der Waals surface area contributed by atoms with Gasteiger partial charge in [0.05, 0.1) is 22.0 Å². The van der Waals surface area contributed by atoms with Gasteiger partial charge in [-0.05, 0) is 38.0 Å². The number of carbonyl (C=O) groups is 1. The molecule has 1 aliphatic carbocycles. The fourth-order valence-corrected chi connectivity index (χ4v) is 4.22. The summed E-state index contributed by atoms with van der Waals surface area (Å²) in [4.78, 5) is 27.6. The van der Waals surface area contributed by atoms with Crippen molar-refractivity contribution in [3.8, 4) is 0 Å². The first-order valence-corrected chi connectivity index (χ1v) is 9.90. The average Bonchev–Trinajstić information content (AvgIpc) is 2.98. The summed E-state index contributed by atoms with van der Waals surface area (Å²) in [7, 11) is 0. The van der Waals surface area contributed by atoms with E-state index in [9.17, 15) is 4.79 Å². The quantitative estimate of drug-likeness (QED) is 0.626. The molecule has 4 rings (SSSR count). The molecular weight excluding hydrogens is 344 g/mol. The first-order chi connectivity index (χ1) is 12.6. The molecule has 0 spiro atoms. The maximum Gasteiger partial charge on any atom is 0.224 e. The molecule has 0 bridgehead atoms. The highest BCUT2D eigenvalue weighted by atomic mass is 32.1. The van der Waals surface area contributed by atoms with Crippen LogP contribution in [-0.2, 0) is 0 Å². The van der Waals surface area contributed by atoms with Gasteiger partial charge in [0.2, 0.25) is 5.95 Å². The number of aromatic nitrogens is 3. The van der Waals surface area contributed by atoms with Gasteiger partial charge < -0.3 is 5.32 Å². The number of fused-ring (bicyclic) bond motifs is 1. The van der Waals surface area contributed by atoms with E-state index < -0.39 is 0 Å². The summed E-state index contributed by atoms with van der Waals surface area (Å²) in [5, 5.41) is 3.30. The van der Waals surface area contributed by atoms with Gasteiger partial charge in [-0.15, -0.1) is 11.3 Å². The van der Waals surface area contributed by atoms with Crippen LogP contribution in [0, 0.1) is 12.8 Å². The molecule has 5 nitrogen and oxygen atoms in total. The summed E-state index contributed by atoms with van der Waals surface area (Å²) in [6.07, 6.45) is 5.92. The predicted molar refractivity (Wildman–Crippen MR) is 105 cm³/mol. The molecule has 0 radical (unpaired) electrons. The molecule has 1 aliphatic rings. The van der Waals surface area contributed by atoms with Crippen molar-refractivity contribution in [3.05, 3.63) is 46.7 Å². The number of nitrogens with one attached hydrogen (secondary N) is 1. The minimum atomic E-state index is -0.0389. The monoisotopic (exact) mass is 366 g/mol. The standard InChI is InChI=1S/C20H22N4OS/c1-12-10-16-19(26-12)18(17(25)11-14-6-5-7-14)24-20(23-16)22-13(2)15-8-3-4-9-21-15/h3-4,8-10,13-14H,5-7,11H2,1-2H3,(H,22,23,24)/t13-/m0/s1. The Labute approximate surface area is 156 Å². The van der Waals surface area contributed by atoms with E-state index in [1.54, 1.807) is 17.5 Å². The van der Waals surface area contributed by atoms with Crippen LogP contribution >= 0.6 is 11.3 Å². The largest absolute Gasteiger partial charge is 0.346 e. The topological polar surface area (TPSA) is 67.8 Å². The summed E-state index contributed by atoms with van der Waals surface area (Å²) in [6, 6.07) is 7.80. The second-order valence-corrected chi connectivity index (χ2v) is 8.27. The normalized spacial score (nSPS) is 15.6. The van der Waals surface area contributed by atoms with Crippen molar-refractivity contribution in [2.45, 2.75) is 45.6 Å². The first kappa shape index (κ1) is 17.1. The summed E-state index contributed by atoms with van der Waals surface area (Å²) in [5.74, 6) is 1.15. The molecule has 1 N–H and O–H groups in total. The third-order valence-corrected chi connectivity index (χ3v) is 5.98. The number of carbonyl (C=O) groups excluding carboxylic acids is 1. The molecule has 0 aliphatic heterocycles. The van der Waals surface area contributed by atoms with Gasteiger partial charge in [0.25, 0.3) is 0 Å². The van der Waals surface area contributed by atoms with Crippen molar-refractivity contribution in [2.24, 2.45) is 5.92 Å². The van der Waals surface area contributed by atoms with E-state index in [1.807, 2.05) is 38.1 Å². The number of aryl methyl sites for hydroxylation is 1. The fourth-order valence-electron chi connectivity index (χ4n) is 3.26. The van der Waals surface area contributed by atoms with Crippen molar-refractivity contribution < 1.29 is 4.79 Å². The van der Waals surface area contributed by atoms with Crippen molar-refractivity contribution in [3.63, 3.8) is 0 Å². The van der Waals surface area contributed by atoms with Gasteiger partial charge in [-0.2, -0.15) is 0 Å². The van der Waals surface area contributed by atoms with Crippen molar-refractivity contribution in [2.75, 3.05) is 5.32 Å². The summed E-state index contributed by atoms with van der Waals surface area (Å²) in [6.45, 7) is 4.06. The molecule has 1 saturated carbocycles. The van der Waals surface area contributed by atoms with E-state index in [0.717, 1.165) is 33.6 Å². The van der Waals surface area contributed by atoms with Gasteiger partial charge in [-0.3, -0.25) is 9.78 Å². The van der Waals surface area contributed by atoms with Gasteiger partial charge in [-0.1, -0.05) is 25.3 Å². The smallest absolute Gasteiger partial charge is 0.224 e. The maximum atomic E-state index is 12.9. The van der Waals surface area contributed by atoms with E-state index in [1.165, 1.54) is 6.42 Å². The van der Waals surface area contributed by atoms with Crippen LogP contribution in [0.25, 0.3) is 10.2 Å². The Balaban J connectivity index is 1.65. The first-order valence-electron chi connectivity index (χ1n) is 9.09. The van der Waals surface area contributed by atoms with E-state index >= 15 is 0 Å². The summed E-state index contributed by atoms with van der Waals surface area (Å²) >= 11 is 1.60. The molecule has 0 unspecified atom stereocenters. The van der Waals surface area contributed by atoms with Gasteiger partial charge in [0.15, 0.2) is 5.78 Å². The number of nitrogens with zero attached hydrogens (tertiary/aromatic N) is 3. The van der Waals surface area contributed by atoms with Gasteiger partial charge in [0, 0.05) is 17.5 Å². The molecular formula is C20H22N4OS. The Morgan fingerprint density at radius 3 is 2.88 bits per heavy atom. The molecule has 0 saturated heterocycles. The fraction of sp³-hybridized carbons (Fsp3) is 0.400. The van der Waals surface area contributed by atoms with Crippen LogP contribution in [0.4, 0.5) is 5.95 Å². The lowest BCUT2D eigenvalue weighted by Crippen LogP contribution is -2.18. The Hall–Kier alpha value is -2.34. The number of ketones is 1. The van der Waals surface area contributed by atoms with E-state index in [0.29, 0.717) is 24.0 Å². The molecule has 3 aromatic rings. The maximum absolute atomic E-state index is 12.9. The molecule has 0 aromatic carbocycles. The second-order valence-electron chi connectivity index (χ2n) is 7.01. The predicted octanol–water partition coefficient (Wildman–Crippen LogP) is 4.94. The molecule has 0 amide bonds. The van der Waals surface area contributed by atoms with E-state index in [2.05, 4.69) is 20.3 Å². The minimum absolute atomic E-state index is 0.0389. The van der Waals surface area contributed by atoms with Crippen LogP contribution < -0.4 is 5.32 Å². The minimum Gasteiger partial charge on any atom is -0.346 e. The van der Waals surface area contributed by atoms with E-state index in [-0.39, 0.29) is 11.8 Å². The zero-order chi connectivity index (χ0) is 18.1. The Kier molecular flexibility index (Phi) is 4.68. The zero-order valence-electron chi connectivity index (χ0n) is 15.0. The Morgan fingerprint density at radius 1 is 1.35 bits per heavy atom. The van der Waals surface area contributed by atoms with Crippen LogP contribution in [0.15, 0.2) is 30.5 Å². The Bertz CT molecular complexity index is 934. The summed E-state index contributed by atoms with van der Waals surface area (Å²) in [5.41, 5.74) is 2.32. The number of pyridine rings is 1. The SMILES string of the molecule is Cc1cc2nc(N[C@@H](C)c3ccccn3)nc(C(=O)CC3CCC3)c2s1. The van der Waals surface area contributed by atoms with Crippen molar-refractivity contribution in [1.82, 2.24) is 15.0 Å². The van der Waals surface area contributed by atoms with Gasteiger partial charge >= 0.3 is 0 Å². The third-order valence-electron chi connectivity index (χ3n) is 4.93. The highest BCUT2D eigenvalue weighted by Gasteiger charge is 2.25.